The first-order valence-electron chi connectivity index (χ1n) is 2.89. The predicted octanol–water partition coefficient (Wildman–Crippen LogP) is -1.66. The minimum absolute atomic E-state index is 0.536. The maximum Gasteiger partial charge on any atom is 0.333 e. The van der Waals surface area contributed by atoms with E-state index in [1.807, 2.05) is 0 Å². The Bertz CT molecular complexity index is 164. The monoisotopic (exact) mass is 162 g/mol. The van der Waals surface area contributed by atoms with E-state index in [1.165, 1.54) is 0 Å². The van der Waals surface area contributed by atoms with Crippen molar-refractivity contribution >= 4 is 5.97 Å². The molecule has 0 radical (unpaired) electrons. The molecule has 4 N–H and O–H groups in total. The molecule has 64 valence electrons. The van der Waals surface area contributed by atoms with Gasteiger partial charge in [-0.25, -0.2) is 4.79 Å². The van der Waals surface area contributed by atoms with Crippen LogP contribution in [-0.4, -0.2) is 45.2 Å². The summed E-state index contributed by atoms with van der Waals surface area (Å²) in [4.78, 5) is 10.1. The van der Waals surface area contributed by atoms with Gasteiger partial charge in [0.2, 0.25) is 0 Å². The molecular formula is C6H10O5. The molecule has 0 aliphatic heterocycles. The molecule has 5 heteroatoms. The Morgan fingerprint density at radius 2 is 1.91 bits per heavy atom. The minimum Gasteiger partial charge on any atom is -0.478 e. The second kappa shape index (κ2) is 4.07. The van der Waals surface area contributed by atoms with E-state index in [0.717, 1.165) is 0 Å². The van der Waals surface area contributed by atoms with Crippen molar-refractivity contribution in [3.63, 3.8) is 0 Å². The number of aliphatic carboxylic acids is 1. The molecule has 0 bridgehead atoms. The summed E-state index contributed by atoms with van der Waals surface area (Å²) in [5.41, 5.74) is -0.536. The number of hydrogen-bond donors (Lipinski definition) is 4. The molecule has 0 saturated heterocycles. The highest BCUT2D eigenvalue weighted by Crippen LogP contribution is 2.03. The lowest BCUT2D eigenvalue weighted by Crippen LogP contribution is -2.33. The second-order valence-corrected chi connectivity index (χ2v) is 2.03. The first-order chi connectivity index (χ1) is 5.00. The van der Waals surface area contributed by atoms with Crippen LogP contribution in [0.1, 0.15) is 0 Å². The molecule has 0 aromatic heterocycles. The zero-order valence-corrected chi connectivity index (χ0v) is 5.77. The molecule has 0 fully saturated rings. The van der Waals surface area contributed by atoms with Crippen LogP contribution >= 0.6 is 0 Å². The average Bonchev–Trinajstić information content (AvgIpc) is 2.00. The Morgan fingerprint density at radius 3 is 2.18 bits per heavy atom. The molecule has 0 amide bonds. The smallest absolute Gasteiger partial charge is 0.333 e. The molecule has 0 aromatic carbocycles. The van der Waals surface area contributed by atoms with Gasteiger partial charge in [-0.05, 0) is 0 Å². The summed E-state index contributed by atoms with van der Waals surface area (Å²) < 4.78 is 0. The van der Waals surface area contributed by atoms with Gasteiger partial charge >= 0.3 is 5.97 Å². The van der Waals surface area contributed by atoms with Crippen LogP contribution < -0.4 is 0 Å². The van der Waals surface area contributed by atoms with Gasteiger partial charge in [-0.2, -0.15) is 0 Å². The van der Waals surface area contributed by atoms with Gasteiger partial charge in [-0.3, -0.25) is 0 Å². The minimum atomic E-state index is -1.61. The van der Waals surface area contributed by atoms with Gasteiger partial charge in [0.05, 0.1) is 12.2 Å². The van der Waals surface area contributed by atoms with Crippen LogP contribution in [0.5, 0.6) is 0 Å². The molecule has 0 saturated carbocycles. The number of carboxylic acid groups (broad SMARTS) is 1. The van der Waals surface area contributed by atoms with Gasteiger partial charge in [-0.1, -0.05) is 6.58 Å². The quantitative estimate of drug-likeness (QED) is 0.371. The number of aliphatic hydroxyl groups excluding tert-OH is 3. The first kappa shape index (κ1) is 10.1. The van der Waals surface area contributed by atoms with E-state index in [9.17, 15) is 4.79 Å². The third-order valence-electron chi connectivity index (χ3n) is 1.18. The van der Waals surface area contributed by atoms with E-state index in [4.69, 9.17) is 20.4 Å². The normalized spacial score (nSPS) is 15.5. The topological polar surface area (TPSA) is 98.0 Å². The molecule has 2 unspecified atom stereocenters. The van der Waals surface area contributed by atoms with Crippen LogP contribution in [0.15, 0.2) is 12.2 Å². The molecule has 0 heterocycles. The summed E-state index contributed by atoms with van der Waals surface area (Å²) in [7, 11) is 0. The van der Waals surface area contributed by atoms with Crippen LogP contribution in [0, 0.1) is 0 Å². The highest BCUT2D eigenvalue weighted by Gasteiger charge is 2.22. The maximum atomic E-state index is 10.1. The fourth-order valence-electron chi connectivity index (χ4n) is 0.459. The van der Waals surface area contributed by atoms with Crippen LogP contribution in [0.4, 0.5) is 0 Å². The van der Waals surface area contributed by atoms with Gasteiger partial charge in [0.15, 0.2) is 0 Å². The van der Waals surface area contributed by atoms with E-state index in [2.05, 4.69) is 6.58 Å². The Labute approximate surface area is 63.2 Å². The van der Waals surface area contributed by atoms with Gasteiger partial charge < -0.3 is 20.4 Å². The zero-order chi connectivity index (χ0) is 9.02. The molecule has 0 aliphatic rings. The second-order valence-electron chi connectivity index (χ2n) is 2.03. The summed E-state index contributed by atoms with van der Waals surface area (Å²) in [5.74, 6) is -1.40. The number of carboxylic acids is 1. The van der Waals surface area contributed by atoms with Crippen LogP contribution in [-0.2, 0) is 4.79 Å². The Balaban J connectivity index is 4.13. The fourth-order valence-corrected chi connectivity index (χ4v) is 0.459. The van der Waals surface area contributed by atoms with E-state index >= 15 is 0 Å². The van der Waals surface area contributed by atoms with Crippen molar-refractivity contribution in [1.29, 1.82) is 0 Å². The summed E-state index contributed by atoms with van der Waals surface area (Å²) in [5, 5.41) is 34.1. The van der Waals surface area contributed by atoms with Crippen molar-refractivity contribution in [2.24, 2.45) is 0 Å². The summed E-state index contributed by atoms with van der Waals surface area (Å²) in [6, 6.07) is 0. The van der Waals surface area contributed by atoms with E-state index in [1.54, 1.807) is 0 Å². The first-order valence-corrected chi connectivity index (χ1v) is 2.89. The molecule has 0 aromatic rings. The average molecular weight is 162 g/mol. The highest BCUT2D eigenvalue weighted by molar-refractivity contribution is 5.87. The molecule has 0 aliphatic carbocycles. The zero-order valence-electron chi connectivity index (χ0n) is 5.77. The van der Waals surface area contributed by atoms with E-state index < -0.39 is 30.4 Å². The van der Waals surface area contributed by atoms with Crippen molar-refractivity contribution in [2.45, 2.75) is 12.2 Å². The maximum absolute atomic E-state index is 10.1. The molecular weight excluding hydrogens is 152 g/mol. The Kier molecular flexibility index (Phi) is 3.73. The predicted molar refractivity (Wildman–Crippen MR) is 35.9 cm³/mol. The lowest BCUT2D eigenvalue weighted by atomic mass is 10.1. The Morgan fingerprint density at radius 1 is 1.45 bits per heavy atom. The number of aliphatic hydroxyl groups is 3. The van der Waals surface area contributed by atoms with Gasteiger partial charge in [0, 0.05) is 0 Å². The SMILES string of the molecule is C=C(C(=O)O)C(O)C(O)CO. The van der Waals surface area contributed by atoms with Crippen LogP contribution in [0.3, 0.4) is 0 Å². The Hall–Kier alpha value is -0.910. The van der Waals surface area contributed by atoms with E-state index in [-0.39, 0.29) is 0 Å². The van der Waals surface area contributed by atoms with Crippen molar-refractivity contribution in [3.8, 4) is 0 Å². The standard InChI is InChI=1S/C6H10O5/c1-3(6(10)11)5(9)4(8)2-7/h4-5,7-9H,1-2H2,(H,10,11). The lowest BCUT2D eigenvalue weighted by Gasteiger charge is -2.14. The summed E-state index contributed by atoms with van der Waals surface area (Å²) >= 11 is 0. The summed E-state index contributed by atoms with van der Waals surface area (Å²) in [6.07, 6.45) is -3.10. The van der Waals surface area contributed by atoms with Gasteiger partial charge in [0.25, 0.3) is 0 Å². The largest absolute Gasteiger partial charge is 0.478 e. The third kappa shape index (κ3) is 2.67. The highest BCUT2D eigenvalue weighted by atomic mass is 16.4. The number of hydrogen-bond acceptors (Lipinski definition) is 4. The fraction of sp³-hybridized carbons (Fsp3) is 0.500. The number of rotatable bonds is 4. The third-order valence-corrected chi connectivity index (χ3v) is 1.18. The lowest BCUT2D eigenvalue weighted by molar-refractivity contribution is -0.134. The van der Waals surface area contributed by atoms with Crippen molar-refractivity contribution < 1.29 is 25.2 Å². The van der Waals surface area contributed by atoms with Crippen molar-refractivity contribution in [3.05, 3.63) is 12.2 Å². The van der Waals surface area contributed by atoms with Crippen molar-refractivity contribution in [2.75, 3.05) is 6.61 Å². The molecule has 0 rings (SSSR count). The van der Waals surface area contributed by atoms with Crippen molar-refractivity contribution in [1.82, 2.24) is 0 Å². The van der Waals surface area contributed by atoms with Gasteiger partial charge in [0.1, 0.15) is 12.2 Å². The van der Waals surface area contributed by atoms with Crippen LogP contribution in [0.25, 0.3) is 0 Å². The molecule has 2 atom stereocenters. The van der Waals surface area contributed by atoms with E-state index in [0.29, 0.717) is 0 Å². The van der Waals surface area contributed by atoms with Crippen LogP contribution in [0.2, 0.25) is 0 Å². The number of carbonyl (C=O) groups is 1. The van der Waals surface area contributed by atoms with Gasteiger partial charge in [-0.15, -0.1) is 0 Å². The molecule has 5 nitrogen and oxygen atoms in total. The molecule has 0 spiro atoms. The molecule has 11 heavy (non-hydrogen) atoms. The summed E-state index contributed by atoms with van der Waals surface area (Å²) in [6.45, 7) is 2.30.